The molecule has 2 aromatic carbocycles. The van der Waals surface area contributed by atoms with Gasteiger partial charge in [0.05, 0.1) is 4.47 Å². The number of hydrogen-bond acceptors (Lipinski definition) is 4. The van der Waals surface area contributed by atoms with Gasteiger partial charge >= 0.3 is 11.9 Å². The second-order valence-corrected chi connectivity index (χ2v) is 7.03. The average molecular weight is 412 g/mol. The topological polar surface area (TPSA) is 95.9 Å². The van der Waals surface area contributed by atoms with E-state index in [1.165, 1.54) is 10.8 Å². The lowest BCUT2D eigenvalue weighted by Gasteiger charge is -2.20. The van der Waals surface area contributed by atoms with Crippen LogP contribution in [-0.4, -0.2) is 40.8 Å². The van der Waals surface area contributed by atoms with Gasteiger partial charge in [-0.15, -0.1) is 0 Å². The van der Waals surface area contributed by atoms with E-state index in [-0.39, 0.29) is 5.54 Å². The summed E-state index contributed by atoms with van der Waals surface area (Å²) in [6.07, 6.45) is 0. The Labute approximate surface area is 154 Å². The Morgan fingerprint density at radius 1 is 1.08 bits per heavy atom. The molecule has 0 saturated carbocycles. The van der Waals surface area contributed by atoms with Crippen LogP contribution in [0.1, 0.15) is 20.8 Å². The van der Waals surface area contributed by atoms with Gasteiger partial charge in [-0.25, -0.2) is 9.59 Å². The van der Waals surface area contributed by atoms with Crippen LogP contribution in [0.5, 0.6) is 5.75 Å². The predicted octanol–water partition coefficient (Wildman–Crippen LogP) is 3.52. The van der Waals surface area contributed by atoms with Crippen molar-refractivity contribution in [2.45, 2.75) is 26.3 Å². The third kappa shape index (κ3) is 7.53. The van der Waals surface area contributed by atoms with Crippen molar-refractivity contribution in [2.75, 3.05) is 13.2 Å². The van der Waals surface area contributed by atoms with Crippen molar-refractivity contribution < 1.29 is 24.5 Å². The molecule has 7 heteroatoms. The van der Waals surface area contributed by atoms with E-state index in [0.29, 0.717) is 6.61 Å². The minimum atomic E-state index is -1.82. The molecule has 2 rings (SSSR count). The minimum Gasteiger partial charge on any atom is -0.491 e. The van der Waals surface area contributed by atoms with Crippen LogP contribution < -0.4 is 10.1 Å². The van der Waals surface area contributed by atoms with Crippen molar-refractivity contribution in [2.24, 2.45) is 0 Å². The fourth-order valence-electron chi connectivity index (χ4n) is 1.91. The van der Waals surface area contributed by atoms with E-state index >= 15 is 0 Å². The molecule has 0 saturated heterocycles. The first-order chi connectivity index (χ1) is 11.6. The second kappa shape index (κ2) is 9.39. The first-order valence-electron chi connectivity index (χ1n) is 7.63. The number of ether oxygens (including phenoxy) is 1. The summed E-state index contributed by atoms with van der Waals surface area (Å²) in [5, 5.41) is 20.6. The fourth-order valence-corrected chi connectivity index (χ4v) is 2.52. The van der Waals surface area contributed by atoms with Gasteiger partial charge in [-0.3, -0.25) is 0 Å². The highest BCUT2D eigenvalue weighted by Gasteiger charge is 2.09. The van der Waals surface area contributed by atoms with E-state index < -0.39 is 11.9 Å². The number of halogens is 1. The molecule has 3 N–H and O–H groups in total. The molecular formula is C18H22BrNO5. The lowest BCUT2D eigenvalue weighted by molar-refractivity contribution is -0.159. The molecule has 0 aliphatic heterocycles. The number of carboxylic acid groups (broad SMARTS) is 2. The van der Waals surface area contributed by atoms with E-state index in [1.54, 1.807) is 0 Å². The third-order valence-corrected chi connectivity index (χ3v) is 3.84. The molecule has 0 radical (unpaired) electrons. The largest absolute Gasteiger partial charge is 0.491 e. The van der Waals surface area contributed by atoms with Gasteiger partial charge in [-0.1, -0.05) is 30.3 Å². The number of carbonyl (C=O) groups is 2. The Hall–Kier alpha value is -2.12. The number of carboxylic acids is 2. The van der Waals surface area contributed by atoms with Crippen molar-refractivity contribution in [1.82, 2.24) is 5.32 Å². The van der Waals surface area contributed by atoms with Gasteiger partial charge in [-0.2, -0.15) is 0 Å². The van der Waals surface area contributed by atoms with Crippen molar-refractivity contribution in [1.29, 1.82) is 0 Å². The quantitative estimate of drug-likeness (QED) is 0.525. The molecule has 0 aromatic heterocycles. The molecule has 0 aliphatic carbocycles. The van der Waals surface area contributed by atoms with Crippen LogP contribution >= 0.6 is 15.9 Å². The zero-order valence-corrected chi connectivity index (χ0v) is 16.0. The minimum absolute atomic E-state index is 0.129. The molecule has 0 atom stereocenters. The number of rotatable bonds is 4. The Morgan fingerprint density at radius 3 is 2.24 bits per heavy atom. The maximum absolute atomic E-state index is 9.10. The lowest BCUT2D eigenvalue weighted by atomic mass is 10.1. The highest BCUT2D eigenvalue weighted by molar-refractivity contribution is 9.10. The third-order valence-electron chi connectivity index (χ3n) is 3.03. The van der Waals surface area contributed by atoms with E-state index in [9.17, 15) is 0 Å². The van der Waals surface area contributed by atoms with Gasteiger partial charge in [0.2, 0.25) is 0 Å². The van der Waals surface area contributed by atoms with Crippen LogP contribution in [0.15, 0.2) is 40.9 Å². The van der Waals surface area contributed by atoms with Gasteiger partial charge in [0.15, 0.2) is 0 Å². The van der Waals surface area contributed by atoms with Crippen LogP contribution in [0.3, 0.4) is 0 Å². The predicted molar refractivity (Wildman–Crippen MR) is 100 cm³/mol. The maximum Gasteiger partial charge on any atom is 0.414 e. The number of nitrogens with one attached hydrogen (secondary N) is 1. The van der Waals surface area contributed by atoms with Crippen LogP contribution in [0.4, 0.5) is 0 Å². The summed E-state index contributed by atoms with van der Waals surface area (Å²) in [5.74, 6) is -2.75. The van der Waals surface area contributed by atoms with Gasteiger partial charge in [0, 0.05) is 12.1 Å². The SMILES string of the molecule is CC(C)(C)NCCOc1ccc2ccccc2c1Br.O=C(O)C(=O)O. The average Bonchev–Trinajstić information content (AvgIpc) is 2.53. The van der Waals surface area contributed by atoms with Gasteiger partial charge in [0.25, 0.3) is 0 Å². The molecule has 2 aromatic rings. The van der Waals surface area contributed by atoms with E-state index in [1.807, 2.05) is 18.2 Å². The summed E-state index contributed by atoms with van der Waals surface area (Å²) >= 11 is 3.63. The lowest BCUT2D eigenvalue weighted by Crippen LogP contribution is -2.38. The Bertz CT molecular complexity index is 728. The number of hydrogen-bond donors (Lipinski definition) is 3. The monoisotopic (exact) mass is 411 g/mol. The molecule has 0 unspecified atom stereocenters. The molecule has 136 valence electrons. The Kier molecular flexibility index (Phi) is 7.86. The molecule has 0 aliphatic rings. The molecular weight excluding hydrogens is 390 g/mol. The second-order valence-electron chi connectivity index (χ2n) is 6.23. The first-order valence-corrected chi connectivity index (χ1v) is 8.42. The number of benzene rings is 2. The van der Waals surface area contributed by atoms with Gasteiger partial charge < -0.3 is 20.3 Å². The van der Waals surface area contributed by atoms with Crippen LogP contribution in [0.2, 0.25) is 0 Å². The summed E-state index contributed by atoms with van der Waals surface area (Å²) in [4.78, 5) is 18.2. The van der Waals surface area contributed by atoms with E-state index in [0.717, 1.165) is 16.8 Å². The molecule has 0 amide bonds. The summed E-state index contributed by atoms with van der Waals surface area (Å²) in [6.45, 7) is 7.95. The Balaban J connectivity index is 0.000000450. The highest BCUT2D eigenvalue weighted by Crippen LogP contribution is 2.32. The van der Waals surface area contributed by atoms with Crippen molar-refractivity contribution in [3.63, 3.8) is 0 Å². The normalized spacial score (nSPS) is 10.7. The highest BCUT2D eigenvalue weighted by atomic mass is 79.9. The van der Waals surface area contributed by atoms with Crippen LogP contribution in [0, 0.1) is 0 Å². The summed E-state index contributed by atoms with van der Waals surface area (Å²) in [7, 11) is 0. The molecule has 0 fully saturated rings. The van der Waals surface area contributed by atoms with E-state index in [2.05, 4.69) is 60.2 Å². The fraction of sp³-hybridized carbons (Fsp3) is 0.333. The zero-order chi connectivity index (χ0) is 19.0. The van der Waals surface area contributed by atoms with Crippen molar-refractivity contribution >= 4 is 38.6 Å². The van der Waals surface area contributed by atoms with Gasteiger partial charge in [0.1, 0.15) is 12.4 Å². The van der Waals surface area contributed by atoms with E-state index in [4.69, 9.17) is 24.5 Å². The summed E-state index contributed by atoms with van der Waals surface area (Å²) in [5.41, 5.74) is 0.129. The molecule has 0 heterocycles. The van der Waals surface area contributed by atoms with Crippen LogP contribution in [0.25, 0.3) is 10.8 Å². The maximum atomic E-state index is 9.10. The van der Waals surface area contributed by atoms with Crippen molar-refractivity contribution in [3.8, 4) is 5.75 Å². The number of fused-ring (bicyclic) bond motifs is 1. The van der Waals surface area contributed by atoms with Crippen LogP contribution in [-0.2, 0) is 9.59 Å². The molecule has 25 heavy (non-hydrogen) atoms. The zero-order valence-electron chi connectivity index (χ0n) is 14.4. The van der Waals surface area contributed by atoms with Gasteiger partial charge in [-0.05, 0) is 53.5 Å². The Morgan fingerprint density at radius 2 is 1.68 bits per heavy atom. The smallest absolute Gasteiger partial charge is 0.414 e. The first kappa shape index (κ1) is 20.9. The molecule has 0 spiro atoms. The molecule has 6 nitrogen and oxygen atoms in total. The molecule has 0 bridgehead atoms. The summed E-state index contributed by atoms with van der Waals surface area (Å²) in [6, 6.07) is 12.4. The standard InChI is InChI=1S/C16H20BrNO.C2H2O4/c1-16(2,3)18-10-11-19-14-9-8-12-6-4-5-7-13(12)15(14)17;3-1(4)2(5)6/h4-9,18H,10-11H2,1-3H3;(H,3,4)(H,5,6). The van der Waals surface area contributed by atoms with Crippen molar-refractivity contribution in [3.05, 3.63) is 40.9 Å². The number of aliphatic carboxylic acids is 2. The summed E-state index contributed by atoms with van der Waals surface area (Å²) < 4.78 is 6.86.